The molecule has 2 aromatic heterocycles. The quantitative estimate of drug-likeness (QED) is 0.677. The lowest BCUT2D eigenvalue weighted by atomic mass is 10.2. The Morgan fingerprint density at radius 1 is 1.38 bits per heavy atom. The number of aliphatic hydroxyl groups is 1. The molecule has 0 saturated carbocycles. The Hall–Kier alpha value is -2.24. The molecule has 2 heterocycles. The minimum absolute atomic E-state index is 0.0396. The van der Waals surface area contributed by atoms with Gasteiger partial charge in [0.2, 0.25) is 0 Å². The van der Waals surface area contributed by atoms with Crippen molar-refractivity contribution >= 4 is 22.5 Å². The summed E-state index contributed by atoms with van der Waals surface area (Å²) in [5, 5.41) is 13.7. The summed E-state index contributed by atoms with van der Waals surface area (Å²) < 4.78 is 40.6. The van der Waals surface area contributed by atoms with E-state index in [1.807, 2.05) is 6.07 Å². The molecule has 7 nitrogen and oxygen atoms in total. The van der Waals surface area contributed by atoms with Crippen molar-refractivity contribution < 1.29 is 27.8 Å². The summed E-state index contributed by atoms with van der Waals surface area (Å²) in [6, 6.07) is 3.00. The topological polar surface area (TPSA) is 87.6 Å². The highest BCUT2D eigenvalue weighted by Crippen LogP contribution is 2.24. The number of rotatable bonds is 8. The fraction of sp³-hybridized carbons (Fsp3) is 0.400. The summed E-state index contributed by atoms with van der Waals surface area (Å²) in [7, 11) is 0. The number of nitrogens with one attached hydrogen (secondary N) is 1. The summed E-state index contributed by atoms with van der Waals surface area (Å²) >= 11 is 1.20. The predicted octanol–water partition coefficient (Wildman–Crippen LogP) is 2.61. The van der Waals surface area contributed by atoms with E-state index in [4.69, 9.17) is 5.11 Å². The maximum atomic E-state index is 12.2. The van der Waals surface area contributed by atoms with E-state index < -0.39 is 18.8 Å². The second-order valence-corrected chi connectivity index (χ2v) is 5.95. The van der Waals surface area contributed by atoms with Crippen molar-refractivity contribution in [2.45, 2.75) is 6.18 Å². The number of ether oxygens (including phenoxy) is 1. The number of hydrogen-bond acceptors (Lipinski definition) is 6. The standard InChI is InChI=1S/C15H17F3N4O3S/c16-15(17,18)10-25-7-5-22(4-6-23)14(24)21-13-20-12(9-26-13)11-2-1-3-19-8-11/h1-3,8-9,23H,4-7,10H2,(H,20,21,24). The van der Waals surface area contributed by atoms with Crippen LogP contribution in [0.15, 0.2) is 29.9 Å². The lowest BCUT2D eigenvalue weighted by Gasteiger charge is -2.21. The van der Waals surface area contributed by atoms with Crippen molar-refractivity contribution in [3.63, 3.8) is 0 Å². The van der Waals surface area contributed by atoms with E-state index in [0.717, 1.165) is 10.5 Å². The molecule has 2 amide bonds. The Labute approximate surface area is 151 Å². The number of pyridine rings is 1. The molecule has 0 bridgehead atoms. The highest BCUT2D eigenvalue weighted by Gasteiger charge is 2.27. The number of anilines is 1. The molecular weight excluding hydrogens is 373 g/mol. The van der Waals surface area contributed by atoms with Gasteiger partial charge in [-0.3, -0.25) is 10.3 Å². The first-order chi connectivity index (χ1) is 12.4. The SMILES string of the molecule is O=C(Nc1nc(-c2cccnc2)cs1)N(CCO)CCOCC(F)(F)F. The number of nitrogens with zero attached hydrogens (tertiary/aromatic N) is 3. The van der Waals surface area contributed by atoms with Crippen LogP contribution in [0.5, 0.6) is 0 Å². The molecule has 0 aliphatic rings. The Morgan fingerprint density at radius 3 is 2.85 bits per heavy atom. The zero-order valence-electron chi connectivity index (χ0n) is 13.6. The molecule has 0 atom stereocenters. The van der Waals surface area contributed by atoms with E-state index in [1.54, 1.807) is 23.8 Å². The lowest BCUT2D eigenvalue weighted by Crippen LogP contribution is -2.39. The fourth-order valence-electron chi connectivity index (χ4n) is 1.95. The zero-order chi connectivity index (χ0) is 19.0. The second-order valence-electron chi connectivity index (χ2n) is 5.09. The maximum absolute atomic E-state index is 12.2. The van der Waals surface area contributed by atoms with Crippen LogP contribution in [0, 0.1) is 0 Å². The lowest BCUT2D eigenvalue weighted by molar-refractivity contribution is -0.174. The molecule has 2 N–H and O–H groups in total. The molecule has 0 fully saturated rings. The third-order valence-electron chi connectivity index (χ3n) is 3.10. The molecular formula is C15H17F3N4O3S. The number of carbonyl (C=O) groups excluding carboxylic acids is 1. The van der Waals surface area contributed by atoms with Crippen molar-refractivity contribution in [2.24, 2.45) is 0 Å². The second kappa shape index (κ2) is 9.46. The Balaban J connectivity index is 1.89. The maximum Gasteiger partial charge on any atom is 0.411 e. The minimum atomic E-state index is -4.42. The van der Waals surface area contributed by atoms with Gasteiger partial charge in [-0.05, 0) is 12.1 Å². The molecule has 2 aromatic rings. The van der Waals surface area contributed by atoms with Crippen molar-refractivity contribution in [3.8, 4) is 11.3 Å². The number of hydrogen-bond donors (Lipinski definition) is 2. The van der Waals surface area contributed by atoms with Crippen molar-refractivity contribution in [3.05, 3.63) is 29.9 Å². The zero-order valence-corrected chi connectivity index (χ0v) is 14.4. The molecule has 142 valence electrons. The van der Waals surface area contributed by atoms with Crippen LogP contribution in [0.1, 0.15) is 0 Å². The highest BCUT2D eigenvalue weighted by atomic mass is 32.1. The molecule has 0 aliphatic heterocycles. The van der Waals surface area contributed by atoms with Gasteiger partial charge in [0.1, 0.15) is 6.61 Å². The van der Waals surface area contributed by atoms with Crippen LogP contribution < -0.4 is 5.32 Å². The first-order valence-corrected chi connectivity index (χ1v) is 8.44. The molecule has 0 saturated heterocycles. The van der Waals surface area contributed by atoms with Crippen molar-refractivity contribution in [1.29, 1.82) is 0 Å². The monoisotopic (exact) mass is 390 g/mol. The number of alkyl halides is 3. The number of aliphatic hydroxyl groups excluding tert-OH is 1. The number of carbonyl (C=O) groups is 1. The van der Waals surface area contributed by atoms with E-state index in [1.165, 1.54) is 11.3 Å². The highest BCUT2D eigenvalue weighted by molar-refractivity contribution is 7.14. The summed E-state index contributed by atoms with van der Waals surface area (Å²) in [5.74, 6) is 0. The van der Waals surface area contributed by atoms with Gasteiger partial charge in [-0.1, -0.05) is 0 Å². The van der Waals surface area contributed by atoms with E-state index in [2.05, 4.69) is 20.0 Å². The predicted molar refractivity (Wildman–Crippen MR) is 89.9 cm³/mol. The molecule has 2 rings (SSSR count). The summed E-state index contributed by atoms with van der Waals surface area (Å²) in [6.07, 6.45) is -1.16. The van der Waals surface area contributed by atoms with Crippen molar-refractivity contribution in [1.82, 2.24) is 14.9 Å². The van der Waals surface area contributed by atoms with Gasteiger partial charge in [0.15, 0.2) is 5.13 Å². The van der Waals surface area contributed by atoms with Crippen LogP contribution >= 0.6 is 11.3 Å². The molecule has 0 radical (unpaired) electrons. The summed E-state index contributed by atoms with van der Waals surface area (Å²) in [4.78, 5) is 21.6. The van der Waals surface area contributed by atoms with Gasteiger partial charge in [-0.2, -0.15) is 13.2 Å². The molecule has 26 heavy (non-hydrogen) atoms. The average molecular weight is 390 g/mol. The Kier molecular flexibility index (Phi) is 7.30. The number of aromatic nitrogens is 2. The van der Waals surface area contributed by atoms with Gasteiger partial charge in [0.05, 0.1) is 18.9 Å². The summed E-state index contributed by atoms with van der Waals surface area (Å²) in [5.41, 5.74) is 1.43. The molecule has 0 aromatic carbocycles. The third-order valence-corrected chi connectivity index (χ3v) is 3.86. The van der Waals surface area contributed by atoms with Crippen LogP contribution in [0.4, 0.5) is 23.1 Å². The number of halogens is 3. The van der Waals surface area contributed by atoms with Gasteiger partial charge < -0.3 is 14.7 Å². The first kappa shape index (κ1) is 20.1. The van der Waals surface area contributed by atoms with E-state index in [0.29, 0.717) is 10.8 Å². The largest absolute Gasteiger partial charge is 0.411 e. The van der Waals surface area contributed by atoms with Gasteiger partial charge in [0, 0.05) is 36.4 Å². The first-order valence-electron chi connectivity index (χ1n) is 7.56. The van der Waals surface area contributed by atoms with Gasteiger partial charge in [-0.25, -0.2) is 9.78 Å². The van der Waals surface area contributed by atoms with Gasteiger partial charge >= 0.3 is 12.2 Å². The van der Waals surface area contributed by atoms with E-state index in [-0.39, 0.29) is 26.3 Å². The average Bonchev–Trinajstić information content (AvgIpc) is 3.06. The number of amides is 2. The van der Waals surface area contributed by atoms with Crippen LogP contribution in [0.25, 0.3) is 11.3 Å². The number of urea groups is 1. The smallest absolute Gasteiger partial charge is 0.395 e. The summed E-state index contributed by atoms with van der Waals surface area (Å²) in [6.45, 7) is -2.15. The third kappa shape index (κ3) is 6.58. The van der Waals surface area contributed by atoms with Crippen LogP contribution in [0.2, 0.25) is 0 Å². The van der Waals surface area contributed by atoms with Crippen LogP contribution in [-0.2, 0) is 4.74 Å². The minimum Gasteiger partial charge on any atom is -0.395 e. The normalized spacial score (nSPS) is 11.4. The van der Waals surface area contributed by atoms with E-state index in [9.17, 15) is 18.0 Å². The Morgan fingerprint density at radius 2 is 2.19 bits per heavy atom. The van der Waals surface area contributed by atoms with Crippen LogP contribution in [0.3, 0.4) is 0 Å². The molecule has 0 unspecified atom stereocenters. The van der Waals surface area contributed by atoms with Crippen LogP contribution in [-0.4, -0.2) is 65.1 Å². The Bertz CT molecular complexity index is 697. The van der Waals surface area contributed by atoms with E-state index >= 15 is 0 Å². The molecule has 0 spiro atoms. The van der Waals surface area contributed by atoms with Gasteiger partial charge in [-0.15, -0.1) is 11.3 Å². The number of thiazole rings is 1. The molecule has 0 aliphatic carbocycles. The van der Waals surface area contributed by atoms with Gasteiger partial charge in [0.25, 0.3) is 0 Å². The fourth-order valence-corrected chi connectivity index (χ4v) is 2.66. The molecule has 11 heteroatoms. The van der Waals surface area contributed by atoms with Crippen molar-refractivity contribution in [2.75, 3.05) is 38.2 Å².